The number of hydrogen-bond donors (Lipinski definition) is 3. The van der Waals surface area contributed by atoms with Crippen LogP contribution in [0.2, 0.25) is 0 Å². The fraction of sp³-hybridized carbons (Fsp3) is 0.700. The maximum atomic E-state index is 11.7. The van der Waals surface area contributed by atoms with Crippen molar-refractivity contribution in [2.75, 3.05) is 12.4 Å². The minimum absolute atomic E-state index is 0.0128. The number of ether oxygens (including phenoxy) is 1. The number of nitrogens with one attached hydrogen (secondary N) is 3. The van der Waals surface area contributed by atoms with Crippen molar-refractivity contribution in [3.8, 4) is 0 Å². The third-order valence-electron chi connectivity index (χ3n) is 2.73. The first-order chi connectivity index (χ1) is 8.65. The summed E-state index contributed by atoms with van der Waals surface area (Å²) < 4.78 is 5.50. The lowest BCUT2D eigenvalue weighted by Gasteiger charge is -2.19. The first-order valence-electron chi connectivity index (χ1n) is 5.83. The lowest BCUT2D eigenvalue weighted by molar-refractivity contribution is -0.120. The number of hydrogen-bond acceptors (Lipinski definition) is 5. The van der Waals surface area contributed by atoms with Gasteiger partial charge in [-0.1, -0.05) is 11.8 Å². The molecule has 2 rings (SSSR count). The predicted molar refractivity (Wildman–Crippen MR) is 66.5 cm³/mol. The molecule has 3 N–H and O–H groups in total. The normalized spacial score (nSPS) is 20.8. The smallest absolute Gasteiger partial charge is 0.341 e. The molecule has 8 heteroatoms. The molecule has 0 radical (unpaired) electrons. The maximum absolute atomic E-state index is 11.7. The van der Waals surface area contributed by atoms with E-state index in [0.29, 0.717) is 5.16 Å². The van der Waals surface area contributed by atoms with Gasteiger partial charge in [0.25, 0.3) is 0 Å². The Kier molecular flexibility index (Phi) is 4.43. The summed E-state index contributed by atoms with van der Waals surface area (Å²) in [5.74, 6) is 0.129. The lowest BCUT2D eigenvalue weighted by atomic mass is 10.1. The zero-order valence-electron chi connectivity index (χ0n) is 10.1. The number of aromatic amines is 2. The Morgan fingerprint density at radius 2 is 2.56 bits per heavy atom. The fourth-order valence-electron chi connectivity index (χ4n) is 1.84. The van der Waals surface area contributed by atoms with Gasteiger partial charge >= 0.3 is 5.69 Å². The number of carbonyl (C=O) groups excluding carboxylic acids is 1. The fourth-order valence-corrected chi connectivity index (χ4v) is 2.47. The molecule has 0 saturated carbocycles. The van der Waals surface area contributed by atoms with Crippen LogP contribution < -0.4 is 11.0 Å². The van der Waals surface area contributed by atoms with Crippen molar-refractivity contribution < 1.29 is 9.53 Å². The topological polar surface area (TPSA) is 99.9 Å². The first kappa shape index (κ1) is 13.2. The average molecular weight is 272 g/mol. The highest BCUT2D eigenvalue weighted by molar-refractivity contribution is 7.99. The van der Waals surface area contributed by atoms with Crippen LogP contribution in [0.25, 0.3) is 0 Å². The molecule has 1 saturated heterocycles. The molecular weight excluding hydrogens is 256 g/mol. The summed E-state index contributed by atoms with van der Waals surface area (Å²) in [6.45, 7) is 2.71. The van der Waals surface area contributed by atoms with E-state index >= 15 is 0 Å². The molecular formula is C10H16N4O3S. The van der Waals surface area contributed by atoms with Crippen LogP contribution in [0, 0.1) is 0 Å². The van der Waals surface area contributed by atoms with E-state index in [2.05, 4.69) is 20.5 Å². The van der Waals surface area contributed by atoms with Gasteiger partial charge in [-0.2, -0.15) is 0 Å². The molecule has 1 aliphatic heterocycles. The van der Waals surface area contributed by atoms with Gasteiger partial charge in [-0.25, -0.2) is 9.89 Å². The number of aromatic nitrogens is 3. The Morgan fingerprint density at radius 1 is 1.72 bits per heavy atom. The molecule has 2 unspecified atom stereocenters. The molecule has 0 aromatic carbocycles. The highest BCUT2D eigenvalue weighted by atomic mass is 32.2. The minimum Gasteiger partial charge on any atom is -0.376 e. The molecule has 0 spiro atoms. The molecule has 0 aliphatic carbocycles. The highest BCUT2D eigenvalue weighted by Gasteiger charge is 2.23. The van der Waals surface area contributed by atoms with Crippen LogP contribution in [-0.4, -0.2) is 45.6 Å². The Morgan fingerprint density at radius 3 is 3.17 bits per heavy atom. The zero-order chi connectivity index (χ0) is 13.0. The monoisotopic (exact) mass is 272 g/mol. The second-order valence-corrected chi connectivity index (χ2v) is 5.14. The van der Waals surface area contributed by atoms with Crippen molar-refractivity contribution in [1.82, 2.24) is 20.5 Å². The molecule has 1 aliphatic rings. The molecule has 1 aromatic heterocycles. The van der Waals surface area contributed by atoms with E-state index in [1.54, 1.807) is 0 Å². The minimum atomic E-state index is -0.370. The van der Waals surface area contributed by atoms with E-state index in [1.165, 1.54) is 11.8 Å². The van der Waals surface area contributed by atoms with Crippen LogP contribution in [-0.2, 0) is 9.53 Å². The lowest BCUT2D eigenvalue weighted by Crippen LogP contribution is -2.41. The quantitative estimate of drug-likeness (QED) is 0.649. The van der Waals surface area contributed by atoms with Crippen molar-refractivity contribution in [2.45, 2.75) is 37.1 Å². The SMILES string of the molecule is CC(NC(=O)CSc1n[nH]c(=O)[nH]1)C1CCCO1. The molecule has 2 atom stereocenters. The van der Waals surface area contributed by atoms with Gasteiger partial charge in [0.1, 0.15) is 0 Å². The molecule has 1 amide bonds. The summed E-state index contributed by atoms with van der Waals surface area (Å²) in [5.41, 5.74) is -0.370. The Bertz CT molecular complexity index is 452. The predicted octanol–water partition coefficient (Wildman–Crippen LogP) is -0.126. The van der Waals surface area contributed by atoms with Crippen molar-refractivity contribution >= 4 is 17.7 Å². The summed E-state index contributed by atoms with van der Waals surface area (Å²) in [5, 5.41) is 9.25. The molecule has 0 bridgehead atoms. The van der Waals surface area contributed by atoms with E-state index < -0.39 is 0 Å². The van der Waals surface area contributed by atoms with Gasteiger partial charge in [0.05, 0.1) is 17.9 Å². The third-order valence-corrected chi connectivity index (χ3v) is 3.60. The number of rotatable bonds is 5. The number of thioether (sulfide) groups is 1. The standard InChI is InChI=1S/C10H16N4O3S/c1-6(7-3-2-4-17-7)11-8(15)5-18-10-12-9(16)13-14-10/h6-7H,2-5H2,1H3,(H,11,15)(H2,12,13,14,16). The Balaban J connectivity index is 1.73. The molecule has 7 nitrogen and oxygen atoms in total. The van der Waals surface area contributed by atoms with Crippen LogP contribution >= 0.6 is 11.8 Å². The molecule has 100 valence electrons. The number of amides is 1. The van der Waals surface area contributed by atoms with Crippen LogP contribution in [0.15, 0.2) is 9.95 Å². The van der Waals surface area contributed by atoms with Crippen molar-refractivity contribution in [3.63, 3.8) is 0 Å². The number of nitrogens with zero attached hydrogens (tertiary/aromatic N) is 1. The van der Waals surface area contributed by atoms with Gasteiger partial charge < -0.3 is 10.1 Å². The summed E-state index contributed by atoms with van der Waals surface area (Å²) in [6.07, 6.45) is 2.15. The van der Waals surface area contributed by atoms with Crippen molar-refractivity contribution in [3.05, 3.63) is 10.5 Å². The molecule has 1 aromatic rings. The van der Waals surface area contributed by atoms with E-state index in [-0.39, 0.29) is 29.5 Å². The second-order valence-electron chi connectivity index (χ2n) is 4.18. The van der Waals surface area contributed by atoms with Crippen LogP contribution in [0.4, 0.5) is 0 Å². The maximum Gasteiger partial charge on any atom is 0.341 e. The number of carbonyl (C=O) groups is 1. The third kappa shape index (κ3) is 3.61. The summed E-state index contributed by atoms with van der Waals surface area (Å²) in [6, 6.07) is 0.0128. The van der Waals surface area contributed by atoms with Gasteiger partial charge in [-0.05, 0) is 19.8 Å². The zero-order valence-corrected chi connectivity index (χ0v) is 10.9. The van der Waals surface area contributed by atoms with Crippen molar-refractivity contribution in [2.24, 2.45) is 0 Å². The summed E-state index contributed by atoms with van der Waals surface area (Å²) >= 11 is 1.18. The van der Waals surface area contributed by atoms with Crippen LogP contribution in [0.3, 0.4) is 0 Å². The number of H-pyrrole nitrogens is 2. The van der Waals surface area contributed by atoms with Gasteiger partial charge in [-0.3, -0.25) is 9.78 Å². The molecule has 18 heavy (non-hydrogen) atoms. The summed E-state index contributed by atoms with van der Waals surface area (Å²) in [4.78, 5) is 24.9. The largest absolute Gasteiger partial charge is 0.376 e. The van der Waals surface area contributed by atoms with E-state index in [4.69, 9.17) is 4.74 Å². The van der Waals surface area contributed by atoms with Gasteiger partial charge in [0.2, 0.25) is 5.91 Å². The highest BCUT2D eigenvalue weighted by Crippen LogP contribution is 2.15. The Labute approximate surface area is 108 Å². The van der Waals surface area contributed by atoms with Crippen LogP contribution in [0.1, 0.15) is 19.8 Å². The first-order valence-corrected chi connectivity index (χ1v) is 6.82. The second kappa shape index (κ2) is 6.05. The van der Waals surface area contributed by atoms with E-state index in [1.807, 2.05) is 6.92 Å². The van der Waals surface area contributed by atoms with Gasteiger partial charge in [0.15, 0.2) is 5.16 Å². The Hall–Kier alpha value is -1.28. The van der Waals surface area contributed by atoms with Gasteiger partial charge in [0, 0.05) is 6.61 Å². The molecule has 2 heterocycles. The van der Waals surface area contributed by atoms with Gasteiger partial charge in [-0.15, -0.1) is 5.10 Å². The molecule has 1 fully saturated rings. The van der Waals surface area contributed by atoms with E-state index in [0.717, 1.165) is 19.4 Å². The average Bonchev–Trinajstić information content (AvgIpc) is 2.97. The summed E-state index contributed by atoms with van der Waals surface area (Å²) in [7, 11) is 0. The van der Waals surface area contributed by atoms with Crippen LogP contribution in [0.5, 0.6) is 0 Å². The van der Waals surface area contributed by atoms with E-state index in [9.17, 15) is 9.59 Å². The van der Waals surface area contributed by atoms with Crippen molar-refractivity contribution in [1.29, 1.82) is 0 Å².